The molecule has 0 aromatic heterocycles. The summed E-state index contributed by atoms with van der Waals surface area (Å²) in [4.78, 5) is 11.5. The zero-order valence-corrected chi connectivity index (χ0v) is 16.6. The summed E-state index contributed by atoms with van der Waals surface area (Å²) in [5.74, 6) is 0.870. The monoisotopic (exact) mass is 367 g/mol. The lowest BCUT2D eigenvalue weighted by Crippen LogP contribution is -2.30. The Morgan fingerprint density at radius 2 is 1.85 bits per heavy atom. The first-order valence-corrected chi connectivity index (χ1v) is 9.74. The van der Waals surface area contributed by atoms with Crippen LogP contribution >= 0.6 is 0 Å². The smallest absolute Gasteiger partial charge is 0.405 e. The van der Waals surface area contributed by atoms with Gasteiger partial charge in [-0.25, -0.2) is 4.79 Å². The summed E-state index contributed by atoms with van der Waals surface area (Å²) in [5.41, 5.74) is 9.85. The number of carbonyl (C=O) groups excluding carboxylic acids is 1. The number of nitrogens with two attached hydrogens (primary N) is 1. The summed E-state index contributed by atoms with van der Waals surface area (Å²) in [6, 6.07) is 14.5. The van der Waals surface area contributed by atoms with Gasteiger partial charge in [-0.1, -0.05) is 44.2 Å². The van der Waals surface area contributed by atoms with Crippen molar-refractivity contribution in [2.45, 2.75) is 59.2 Å². The van der Waals surface area contributed by atoms with E-state index < -0.39 is 6.09 Å². The molecule has 0 bridgehead atoms. The minimum atomic E-state index is -0.707. The Balaban J connectivity index is 1.98. The number of hydrogen-bond donors (Lipinski definition) is 1. The molecule has 0 aliphatic heterocycles. The average molecular weight is 367 g/mol. The van der Waals surface area contributed by atoms with Crippen molar-refractivity contribution in [1.29, 1.82) is 0 Å². The molecule has 0 fully saturated rings. The molecular weight excluding hydrogens is 338 g/mol. The highest BCUT2D eigenvalue weighted by atomic mass is 16.6. The van der Waals surface area contributed by atoms with Gasteiger partial charge >= 0.3 is 6.09 Å². The Kier molecular flexibility index (Phi) is 5.45. The molecule has 1 unspecified atom stereocenters. The Labute approximate surface area is 161 Å². The van der Waals surface area contributed by atoms with E-state index in [1.165, 1.54) is 5.56 Å². The SMILES string of the molecule is CCC1(CC)Cc2cc(-c3cccc(OC(C)C)c3)ccc2C1OC(N)=O. The summed E-state index contributed by atoms with van der Waals surface area (Å²) in [5, 5.41) is 0. The molecule has 0 radical (unpaired) electrons. The second-order valence-corrected chi connectivity index (χ2v) is 7.67. The Morgan fingerprint density at radius 1 is 1.15 bits per heavy atom. The van der Waals surface area contributed by atoms with Crippen LogP contribution in [-0.4, -0.2) is 12.2 Å². The lowest BCUT2D eigenvalue weighted by Gasteiger charge is -2.32. The van der Waals surface area contributed by atoms with Crippen LogP contribution in [0.5, 0.6) is 5.75 Å². The molecule has 27 heavy (non-hydrogen) atoms. The molecular formula is C23H29NO3. The van der Waals surface area contributed by atoms with E-state index in [4.69, 9.17) is 15.2 Å². The summed E-state index contributed by atoms with van der Waals surface area (Å²) in [7, 11) is 0. The van der Waals surface area contributed by atoms with Crippen LogP contribution in [0.1, 0.15) is 57.8 Å². The van der Waals surface area contributed by atoms with E-state index in [1.807, 2.05) is 26.0 Å². The van der Waals surface area contributed by atoms with Gasteiger partial charge in [0.2, 0.25) is 0 Å². The van der Waals surface area contributed by atoms with Gasteiger partial charge in [0.15, 0.2) is 0 Å². The van der Waals surface area contributed by atoms with Crippen LogP contribution in [0.25, 0.3) is 11.1 Å². The van der Waals surface area contributed by atoms with Crippen molar-refractivity contribution in [2.75, 3.05) is 0 Å². The van der Waals surface area contributed by atoms with E-state index in [0.29, 0.717) is 0 Å². The lowest BCUT2D eigenvalue weighted by molar-refractivity contribution is 0.0140. The first-order chi connectivity index (χ1) is 12.9. The molecule has 1 amide bonds. The highest BCUT2D eigenvalue weighted by Gasteiger charge is 2.46. The van der Waals surface area contributed by atoms with Crippen LogP contribution in [0.4, 0.5) is 4.79 Å². The normalized spacial score (nSPS) is 17.6. The zero-order chi connectivity index (χ0) is 19.6. The van der Waals surface area contributed by atoms with E-state index in [9.17, 15) is 4.79 Å². The maximum atomic E-state index is 11.5. The molecule has 2 aromatic rings. The van der Waals surface area contributed by atoms with Crippen molar-refractivity contribution >= 4 is 6.09 Å². The van der Waals surface area contributed by atoms with E-state index in [2.05, 4.69) is 44.2 Å². The van der Waals surface area contributed by atoms with E-state index in [-0.39, 0.29) is 17.6 Å². The zero-order valence-electron chi connectivity index (χ0n) is 16.6. The minimum absolute atomic E-state index is 0.0847. The molecule has 0 spiro atoms. The predicted molar refractivity (Wildman–Crippen MR) is 108 cm³/mol. The maximum Gasteiger partial charge on any atom is 0.405 e. The van der Waals surface area contributed by atoms with Crippen LogP contribution in [0.3, 0.4) is 0 Å². The Hall–Kier alpha value is -2.49. The molecule has 4 nitrogen and oxygen atoms in total. The third kappa shape index (κ3) is 3.80. The fourth-order valence-corrected chi connectivity index (χ4v) is 4.19. The molecule has 0 saturated carbocycles. The number of fused-ring (bicyclic) bond motifs is 1. The molecule has 1 aliphatic carbocycles. The third-order valence-corrected chi connectivity index (χ3v) is 5.71. The molecule has 0 heterocycles. The fraction of sp³-hybridized carbons (Fsp3) is 0.435. The van der Waals surface area contributed by atoms with Gasteiger partial charge in [-0.15, -0.1) is 0 Å². The highest BCUT2D eigenvalue weighted by Crippen LogP contribution is 2.52. The number of amides is 1. The van der Waals surface area contributed by atoms with Crippen molar-refractivity contribution in [2.24, 2.45) is 11.1 Å². The van der Waals surface area contributed by atoms with Gasteiger partial charge in [-0.3, -0.25) is 0 Å². The summed E-state index contributed by atoms with van der Waals surface area (Å²) in [6.45, 7) is 8.35. The average Bonchev–Trinajstić information content (AvgIpc) is 2.94. The fourth-order valence-electron chi connectivity index (χ4n) is 4.19. The molecule has 2 aromatic carbocycles. The Morgan fingerprint density at radius 3 is 2.48 bits per heavy atom. The van der Waals surface area contributed by atoms with Crippen molar-refractivity contribution in [3.63, 3.8) is 0 Å². The van der Waals surface area contributed by atoms with Crippen LogP contribution in [0.2, 0.25) is 0 Å². The van der Waals surface area contributed by atoms with Crippen molar-refractivity contribution < 1.29 is 14.3 Å². The molecule has 0 saturated heterocycles. The van der Waals surface area contributed by atoms with Gasteiger partial charge in [-0.2, -0.15) is 0 Å². The van der Waals surface area contributed by atoms with Crippen molar-refractivity contribution in [3.8, 4) is 16.9 Å². The van der Waals surface area contributed by atoms with Gasteiger partial charge < -0.3 is 15.2 Å². The van der Waals surface area contributed by atoms with Crippen LogP contribution < -0.4 is 10.5 Å². The van der Waals surface area contributed by atoms with E-state index >= 15 is 0 Å². The second-order valence-electron chi connectivity index (χ2n) is 7.67. The number of rotatable bonds is 6. The molecule has 1 aliphatic rings. The minimum Gasteiger partial charge on any atom is -0.491 e. The summed E-state index contributed by atoms with van der Waals surface area (Å²) >= 11 is 0. The molecule has 2 N–H and O–H groups in total. The van der Waals surface area contributed by atoms with E-state index in [1.54, 1.807) is 0 Å². The van der Waals surface area contributed by atoms with Crippen LogP contribution in [0, 0.1) is 5.41 Å². The number of ether oxygens (including phenoxy) is 2. The van der Waals surface area contributed by atoms with E-state index in [0.717, 1.165) is 41.7 Å². The second kappa shape index (κ2) is 7.63. The molecule has 3 rings (SSSR count). The van der Waals surface area contributed by atoms with Crippen LogP contribution in [0.15, 0.2) is 42.5 Å². The standard InChI is InChI=1S/C23H29NO3/c1-5-23(6-2)14-18-12-17(10-11-20(18)21(23)27-22(24)25)16-8-7-9-19(13-16)26-15(3)4/h7-13,15,21H,5-6,14H2,1-4H3,(H2,24,25). The largest absolute Gasteiger partial charge is 0.491 e. The topological polar surface area (TPSA) is 61.6 Å². The van der Waals surface area contributed by atoms with Gasteiger partial charge in [0.25, 0.3) is 0 Å². The number of primary amides is 1. The molecule has 144 valence electrons. The maximum absolute atomic E-state index is 11.5. The molecule has 4 heteroatoms. The summed E-state index contributed by atoms with van der Waals surface area (Å²) < 4.78 is 11.4. The Bertz CT molecular complexity index is 824. The third-order valence-electron chi connectivity index (χ3n) is 5.71. The summed E-state index contributed by atoms with van der Waals surface area (Å²) in [6.07, 6.45) is 1.92. The first kappa shape index (κ1) is 19.3. The van der Waals surface area contributed by atoms with Crippen molar-refractivity contribution in [1.82, 2.24) is 0 Å². The van der Waals surface area contributed by atoms with Crippen molar-refractivity contribution in [3.05, 3.63) is 53.6 Å². The van der Waals surface area contributed by atoms with Crippen LogP contribution in [-0.2, 0) is 11.2 Å². The molecule has 1 atom stereocenters. The van der Waals surface area contributed by atoms with Gasteiger partial charge in [0.1, 0.15) is 11.9 Å². The lowest BCUT2D eigenvalue weighted by atomic mass is 9.77. The number of benzene rings is 2. The number of carbonyl (C=O) groups is 1. The predicted octanol–water partition coefficient (Wildman–Crippen LogP) is 5.64. The quantitative estimate of drug-likeness (QED) is 0.718. The highest BCUT2D eigenvalue weighted by molar-refractivity contribution is 5.68. The van der Waals surface area contributed by atoms with Gasteiger partial charge in [-0.05, 0) is 67.5 Å². The van der Waals surface area contributed by atoms with Gasteiger partial charge in [0.05, 0.1) is 6.10 Å². The first-order valence-electron chi connectivity index (χ1n) is 9.74. The number of hydrogen-bond acceptors (Lipinski definition) is 3. The van der Waals surface area contributed by atoms with Gasteiger partial charge in [0, 0.05) is 5.41 Å².